The molecule has 61 heavy (non-hydrogen) atoms. The van der Waals surface area contributed by atoms with Gasteiger partial charge in [-0.25, -0.2) is 0 Å². The van der Waals surface area contributed by atoms with Crippen LogP contribution in [0, 0.1) is 0 Å². The molecule has 0 bridgehead atoms. The van der Waals surface area contributed by atoms with Crippen molar-refractivity contribution in [3.63, 3.8) is 0 Å². The van der Waals surface area contributed by atoms with Crippen LogP contribution in [-0.4, -0.2) is 296 Å². The molecule has 4 aliphatic rings. The van der Waals surface area contributed by atoms with Gasteiger partial charge in [0.15, 0.2) is 25.2 Å². The third-order valence-corrected chi connectivity index (χ3v) is 9.96. The van der Waals surface area contributed by atoms with Gasteiger partial charge in [-0.2, -0.15) is 8.42 Å². The maximum Gasteiger partial charge on any atom is 0.394 e. The van der Waals surface area contributed by atoms with Crippen molar-refractivity contribution in [2.75, 3.05) is 39.6 Å². The van der Waals surface area contributed by atoms with Crippen molar-refractivity contribution in [3.8, 4) is 0 Å². The molecule has 0 aliphatic carbocycles. The lowest BCUT2D eigenvalue weighted by Crippen LogP contribution is -2.68. The predicted octanol–water partition coefficient (Wildman–Crippen LogP) is -12.9. The smallest absolute Gasteiger partial charge is 0.394 e. The van der Waals surface area contributed by atoms with Crippen molar-refractivity contribution in [1.29, 1.82) is 0 Å². The van der Waals surface area contributed by atoms with E-state index < -0.39 is 197 Å². The lowest BCUT2D eigenvalue weighted by molar-refractivity contribution is -0.392. The Balaban J connectivity index is 0.00000187. The Labute approximate surface area is 344 Å². The third kappa shape index (κ3) is 13.5. The molecule has 24 atom stereocenters. The van der Waals surface area contributed by atoms with E-state index in [2.05, 4.69) is 0 Å². The fourth-order valence-electron chi connectivity index (χ4n) is 6.61. The van der Waals surface area contributed by atoms with E-state index in [9.17, 15) is 91.9 Å². The molecule has 0 aromatic rings. The molecule has 0 aromatic carbocycles. The van der Waals surface area contributed by atoms with Crippen LogP contribution in [0.4, 0.5) is 0 Å². The van der Waals surface area contributed by atoms with E-state index in [0.29, 0.717) is 0 Å². The first-order chi connectivity index (χ1) is 28.5. The zero-order valence-corrected chi connectivity index (χ0v) is 32.4. The number of aliphatic hydroxyl groups is 18. The Morgan fingerprint density at radius 3 is 1.05 bits per heavy atom. The highest BCUT2D eigenvalue weighted by Crippen LogP contribution is 2.35. The zero-order chi connectivity index (χ0) is 46.3. The monoisotopic (exact) mass is 928 g/mol. The molecule has 20 N–H and O–H groups in total. The average molecular weight is 929 g/mol. The summed E-state index contributed by atoms with van der Waals surface area (Å²) in [5.41, 5.74) is 0. The van der Waals surface area contributed by atoms with Gasteiger partial charge >= 0.3 is 10.4 Å². The summed E-state index contributed by atoms with van der Waals surface area (Å²) in [5, 5.41) is 186. The van der Waals surface area contributed by atoms with Gasteiger partial charge in [0.1, 0.15) is 122 Å². The highest BCUT2D eigenvalue weighted by molar-refractivity contribution is 7.79. The third-order valence-electron chi connectivity index (χ3n) is 9.96. The summed E-state index contributed by atoms with van der Waals surface area (Å²) in [5.74, 6) is 0. The van der Waals surface area contributed by atoms with Gasteiger partial charge < -0.3 is 130 Å². The minimum atomic E-state index is -4.67. The number of hydrogen-bond acceptors (Lipinski definition) is 28. The fraction of sp³-hybridized carbons (Fsp3) is 1.00. The molecule has 0 spiro atoms. The number of hydrogen-bond donors (Lipinski definition) is 20. The molecule has 31 heteroatoms. The molecular weight excluding hydrogens is 872 g/mol. The van der Waals surface area contributed by atoms with Crippen molar-refractivity contribution in [2.45, 2.75) is 147 Å². The normalized spacial score (nSPS) is 44.3. The van der Waals surface area contributed by atoms with E-state index in [0.717, 1.165) is 0 Å². The van der Waals surface area contributed by atoms with Crippen LogP contribution >= 0.6 is 0 Å². The summed E-state index contributed by atoms with van der Waals surface area (Å²) in [6.07, 6.45) is -46.5. The van der Waals surface area contributed by atoms with Crippen molar-refractivity contribution in [3.05, 3.63) is 0 Å². The number of ether oxygens (including phenoxy) is 8. The summed E-state index contributed by atoms with van der Waals surface area (Å²) in [6.45, 7) is -5.91. The molecule has 4 heterocycles. The highest BCUT2D eigenvalue weighted by Gasteiger charge is 2.56. The zero-order valence-electron chi connectivity index (χ0n) is 31.5. The molecule has 30 nitrogen and oxygen atoms in total. The number of rotatable bonds is 17. The van der Waals surface area contributed by atoms with E-state index in [-0.39, 0.29) is 0 Å². The van der Waals surface area contributed by atoms with Gasteiger partial charge in [-0.15, -0.1) is 0 Å². The second-order valence-electron chi connectivity index (χ2n) is 14.2. The Hall–Kier alpha value is -1.17. The Morgan fingerprint density at radius 1 is 0.426 bits per heavy atom. The quantitative estimate of drug-likeness (QED) is 0.0602. The molecule has 4 aliphatic heterocycles. The SMILES string of the molecule is O=S(=O)(O)O.OCC(O)C(O)C(OC1OC(CO)C(O)C(OC2OC(CO)C(O)C(OC3OC(CO)C(O)C(OC4OC(CO)C(O)C(O)C4O)C3O)C2O)C1O)C(O)CO. The molecule has 0 radical (unpaired) electrons. The number of aliphatic hydroxyl groups excluding tert-OH is 18. The van der Waals surface area contributed by atoms with Gasteiger partial charge in [-0.1, -0.05) is 0 Å². The predicted molar refractivity (Wildman–Crippen MR) is 183 cm³/mol. The molecule has 4 fully saturated rings. The van der Waals surface area contributed by atoms with Gasteiger partial charge in [-0.3, -0.25) is 9.11 Å². The lowest BCUT2D eigenvalue weighted by atomic mass is 9.95. The molecule has 362 valence electrons. The molecule has 24 unspecified atom stereocenters. The summed E-state index contributed by atoms with van der Waals surface area (Å²) in [7, 11) is -4.67. The first-order valence-corrected chi connectivity index (χ1v) is 19.6. The minimum Gasteiger partial charge on any atom is -0.394 e. The van der Waals surface area contributed by atoms with Crippen molar-refractivity contribution in [2.24, 2.45) is 0 Å². The van der Waals surface area contributed by atoms with Crippen LogP contribution in [0.1, 0.15) is 0 Å². The Bertz CT molecular complexity index is 1380. The largest absolute Gasteiger partial charge is 0.394 e. The van der Waals surface area contributed by atoms with E-state index in [1.165, 1.54) is 0 Å². The van der Waals surface area contributed by atoms with Crippen LogP contribution in [0.5, 0.6) is 0 Å². The molecule has 4 saturated heterocycles. The lowest BCUT2D eigenvalue weighted by Gasteiger charge is -2.49. The highest BCUT2D eigenvalue weighted by atomic mass is 32.3. The molecule has 4 rings (SSSR count). The van der Waals surface area contributed by atoms with E-state index in [1.807, 2.05) is 0 Å². The van der Waals surface area contributed by atoms with Crippen molar-refractivity contribution >= 4 is 10.4 Å². The van der Waals surface area contributed by atoms with Crippen molar-refractivity contribution in [1.82, 2.24) is 0 Å². The minimum absolute atomic E-state index is 0.856. The average Bonchev–Trinajstić information content (AvgIpc) is 3.22. The first kappa shape index (κ1) is 54.2. The molecule has 0 amide bonds. The van der Waals surface area contributed by atoms with Crippen LogP contribution in [-0.2, 0) is 48.3 Å². The summed E-state index contributed by atoms with van der Waals surface area (Å²) in [6, 6.07) is 0. The second-order valence-corrected chi connectivity index (χ2v) is 15.1. The first-order valence-electron chi connectivity index (χ1n) is 18.2. The van der Waals surface area contributed by atoms with Crippen LogP contribution in [0.15, 0.2) is 0 Å². The van der Waals surface area contributed by atoms with Crippen LogP contribution in [0.25, 0.3) is 0 Å². The van der Waals surface area contributed by atoms with Crippen LogP contribution < -0.4 is 0 Å². The molecule has 0 aromatic heterocycles. The maximum atomic E-state index is 11.3. The Kier molecular flexibility index (Phi) is 21.2. The van der Waals surface area contributed by atoms with Gasteiger partial charge in [0.2, 0.25) is 0 Å². The van der Waals surface area contributed by atoms with Gasteiger partial charge in [0.05, 0.1) is 39.6 Å². The second kappa shape index (κ2) is 23.8. The summed E-state index contributed by atoms with van der Waals surface area (Å²) < 4.78 is 75.4. The van der Waals surface area contributed by atoms with Gasteiger partial charge in [0, 0.05) is 0 Å². The maximum absolute atomic E-state index is 11.3. The van der Waals surface area contributed by atoms with Gasteiger partial charge in [0.25, 0.3) is 0 Å². The van der Waals surface area contributed by atoms with E-state index in [1.54, 1.807) is 0 Å². The van der Waals surface area contributed by atoms with Crippen LogP contribution in [0.3, 0.4) is 0 Å². The molecule has 0 saturated carbocycles. The topological polar surface area (TPSA) is 513 Å². The van der Waals surface area contributed by atoms with E-state index in [4.69, 9.17) is 55.4 Å². The van der Waals surface area contributed by atoms with E-state index >= 15 is 0 Å². The van der Waals surface area contributed by atoms with Crippen LogP contribution in [0.2, 0.25) is 0 Å². The standard InChI is InChI=1S/C30H54O26.H2O4S/c31-1-7(37)13(39)23(8(38)2-32)53-28-20(46)25(16(42)10(4-34)50-28)55-30-22(48)26(17(43)12(6-36)52-30)56-29-21(47)24(15(41)11(5-35)51-29)54-27-19(45)18(44)14(40)9(3-33)49-27;1-5(2,3)4/h7-48H,1-6H2;(H2,1,2,3,4). The molecular formula is C30H56O30S. The summed E-state index contributed by atoms with van der Waals surface area (Å²) in [4.78, 5) is 0. The fourth-order valence-corrected chi connectivity index (χ4v) is 6.61. The van der Waals surface area contributed by atoms with Crippen molar-refractivity contribution < 1.29 is 147 Å². The van der Waals surface area contributed by atoms with Gasteiger partial charge in [-0.05, 0) is 0 Å². The Morgan fingerprint density at radius 2 is 0.721 bits per heavy atom. The summed E-state index contributed by atoms with van der Waals surface area (Å²) >= 11 is 0.